The summed E-state index contributed by atoms with van der Waals surface area (Å²) >= 11 is 0. The highest BCUT2D eigenvalue weighted by atomic mass is 15.1. The van der Waals surface area contributed by atoms with E-state index >= 15 is 0 Å². The van der Waals surface area contributed by atoms with Gasteiger partial charge in [0.2, 0.25) is 0 Å². The summed E-state index contributed by atoms with van der Waals surface area (Å²) in [5, 5.41) is 3.43. The van der Waals surface area contributed by atoms with Crippen molar-refractivity contribution < 1.29 is 0 Å². The van der Waals surface area contributed by atoms with Crippen LogP contribution in [0.4, 0.5) is 0 Å². The lowest BCUT2D eigenvalue weighted by molar-refractivity contribution is 0.298. The number of rotatable bonds is 7. The zero-order chi connectivity index (χ0) is 10.2. The number of unbranched alkanes of at least 4 members (excludes halogenated alkanes) is 2. The highest BCUT2D eigenvalue weighted by Crippen LogP contribution is 2.12. The van der Waals surface area contributed by atoms with E-state index in [-0.39, 0.29) is 0 Å². The van der Waals surface area contributed by atoms with Gasteiger partial charge < -0.3 is 10.2 Å². The Labute approximate surface area is 89.1 Å². The molecule has 1 N–H and O–H groups in total. The summed E-state index contributed by atoms with van der Waals surface area (Å²) in [5.41, 5.74) is 0. The molecule has 0 bridgehead atoms. The number of nitrogens with zero attached hydrogens (tertiary/aromatic N) is 1. The zero-order valence-electron chi connectivity index (χ0n) is 9.89. The fourth-order valence-electron chi connectivity index (χ4n) is 2.11. The average molecular weight is 198 g/mol. The van der Waals surface area contributed by atoms with Crippen LogP contribution in [0.1, 0.15) is 39.0 Å². The van der Waals surface area contributed by atoms with Crippen molar-refractivity contribution in [3.8, 4) is 0 Å². The van der Waals surface area contributed by atoms with Crippen LogP contribution < -0.4 is 5.32 Å². The predicted octanol–water partition coefficient (Wildman–Crippen LogP) is 2.11. The minimum Gasteiger partial charge on any atom is -0.316 e. The van der Waals surface area contributed by atoms with E-state index in [0.29, 0.717) is 0 Å². The maximum Gasteiger partial charge on any atom is -0.00187 e. The second kappa shape index (κ2) is 7.24. The van der Waals surface area contributed by atoms with Crippen LogP contribution in [-0.4, -0.2) is 38.1 Å². The SMILES string of the molecule is CCCCCN(C)CCC1CCNC1. The molecule has 0 aromatic carbocycles. The molecule has 0 aliphatic carbocycles. The molecule has 1 heterocycles. The van der Waals surface area contributed by atoms with Gasteiger partial charge in [-0.1, -0.05) is 19.8 Å². The standard InChI is InChI=1S/C12H26N2/c1-3-4-5-9-14(2)10-7-12-6-8-13-11-12/h12-13H,3-11H2,1-2H3. The summed E-state index contributed by atoms with van der Waals surface area (Å²) in [6.45, 7) is 7.33. The molecule has 1 fully saturated rings. The zero-order valence-corrected chi connectivity index (χ0v) is 9.89. The van der Waals surface area contributed by atoms with Crippen molar-refractivity contribution in [2.45, 2.75) is 39.0 Å². The topological polar surface area (TPSA) is 15.3 Å². The average Bonchev–Trinajstić information content (AvgIpc) is 2.68. The highest BCUT2D eigenvalue weighted by molar-refractivity contribution is 4.71. The molecule has 1 unspecified atom stereocenters. The van der Waals surface area contributed by atoms with Crippen LogP contribution in [0.2, 0.25) is 0 Å². The normalized spacial score (nSPS) is 22.1. The largest absolute Gasteiger partial charge is 0.316 e. The molecular formula is C12H26N2. The molecule has 0 aromatic rings. The maximum absolute atomic E-state index is 3.43. The van der Waals surface area contributed by atoms with Crippen molar-refractivity contribution in [2.24, 2.45) is 5.92 Å². The van der Waals surface area contributed by atoms with Gasteiger partial charge in [-0.2, -0.15) is 0 Å². The molecule has 1 atom stereocenters. The van der Waals surface area contributed by atoms with Gasteiger partial charge in [0.05, 0.1) is 0 Å². The van der Waals surface area contributed by atoms with Gasteiger partial charge in [-0.25, -0.2) is 0 Å². The fraction of sp³-hybridized carbons (Fsp3) is 1.00. The second-order valence-electron chi connectivity index (χ2n) is 4.66. The van der Waals surface area contributed by atoms with E-state index in [2.05, 4.69) is 24.2 Å². The molecule has 1 rings (SSSR count). The first-order valence-electron chi connectivity index (χ1n) is 6.22. The van der Waals surface area contributed by atoms with Gasteiger partial charge in [-0.05, 0) is 58.4 Å². The summed E-state index contributed by atoms with van der Waals surface area (Å²) in [5.74, 6) is 0.948. The molecule has 84 valence electrons. The molecule has 1 aliphatic rings. The second-order valence-corrected chi connectivity index (χ2v) is 4.66. The summed E-state index contributed by atoms with van der Waals surface area (Å²) in [6.07, 6.45) is 6.87. The molecule has 0 amide bonds. The molecule has 1 saturated heterocycles. The molecule has 2 nitrogen and oxygen atoms in total. The van der Waals surface area contributed by atoms with E-state index in [1.807, 2.05) is 0 Å². The van der Waals surface area contributed by atoms with Crippen LogP contribution >= 0.6 is 0 Å². The van der Waals surface area contributed by atoms with Gasteiger partial charge in [-0.3, -0.25) is 0 Å². The first-order chi connectivity index (χ1) is 6.83. The Hall–Kier alpha value is -0.0800. The van der Waals surface area contributed by atoms with E-state index in [1.165, 1.54) is 58.3 Å². The third-order valence-electron chi connectivity index (χ3n) is 3.22. The van der Waals surface area contributed by atoms with E-state index in [1.54, 1.807) is 0 Å². The van der Waals surface area contributed by atoms with Crippen molar-refractivity contribution in [3.05, 3.63) is 0 Å². The van der Waals surface area contributed by atoms with Crippen LogP contribution in [0.5, 0.6) is 0 Å². The quantitative estimate of drug-likeness (QED) is 0.630. The third kappa shape index (κ3) is 4.97. The molecule has 14 heavy (non-hydrogen) atoms. The van der Waals surface area contributed by atoms with Crippen molar-refractivity contribution in [1.82, 2.24) is 10.2 Å². The number of nitrogens with one attached hydrogen (secondary N) is 1. The Bertz CT molecular complexity index is 130. The predicted molar refractivity (Wildman–Crippen MR) is 62.6 cm³/mol. The fourth-order valence-corrected chi connectivity index (χ4v) is 2.11. The first-order valence-corrected chi connectivity index (χ1v) is 6.22. The summed E-state index contributed by atoms with van der Waals surface area (Å²) in [7, 11) is 2.26. The lowest BCUT2D eigenvalue weighted by Gasteiger charge is -2.18. The Balaban J connectivity index is 1.93. The minimum atomic E-state index is 0.948. The molecule has 0 spiro atoms. The van der Waals surface area contributed by atoms with Crippen LogP contribution in [0.15, 0.2) is 0 Å². The van der Waals surface area contributed by atoms with Gasteiger partial charge >= 0.3 is 0 Å². The van der Waals surface area contributed by atoms with Crippen LogP contribution in [0.25, 0.3) is 0 Å². The number of hydrogen-bond donors (Lipinski definition) is 1. The maximum atomic E-state index is 3.43. The minimum absolute atomic E-state index is 0.948. The Kier molecular flexibility index (Phi) is 6.20. The Morgan fingerprint density at radius 3 is 2.79 bits per heavy atom. The Morgan fingerprint density at radius 2 is 2.14 bits per heavy atom. The van der Waals surface area contributed by atoms with Crippen molar-refractivity contribution in [1.29, 1.82) is 0 Å². The van der Waals surface area contributed by atoms with Gasteiger partial charge in [-0.15, -0.1) is 0 Å². The van der Waals surface area contributed by atoms with E-state index in [9.17, 15) is 0 Å². The van der Waals surface area contributed by atoms with Gasteiger partial charge in [0, 0.05) is 0 Å². The van der Waals surface area contributed by atoms with Crippen molar-refractivity contribution >= 4 is 0 Å². The summed E-state index contributed by atoms with van der Waals surface area (Å²) in [4.78, 5) is 2.49. The van der Waals surface area contributed by atoms with Gasteiger partial charge in [0.15, 0.2) is 0 Å². The molecule has 0 aromatic heterocycles. The molecule has 2 heteroatoms. The molecular weight excluding hydrogens is 172 g/mol. The van der Waals surface area contributed by atoms with E-state index in [0.717, 1.165) is 5.92 Å². The van der Waals surface area contributed by atoms with Crippen LogP contribution in [0.3, 0.4) is 0 Å². The lowest BCUT2D eigenvalue weighted by atomic mass is 10.0. The van der Waals surface area contributed by atoms with E-state index < -0.39 is 0 Å². The molecule has 1 aliphatic heterocycles. The van der Waals surface area contributed by atoms with Crippen LogP contribution in [0, 0.1) is 5.92 Å². The lowest BCUT2D eigenvalue weighted by Crippen LogP contribution is -2.23. The smallest absolute Gasteiger partial charge is 0.00187 e. The van der Waals surface area contributed by atoms with Crippen molar-refractivity contribution in [2.75, 3.05) is 33.2 Å². The van der Waals surface area contributed by atoms with Crippen molar-refractivity contribution in [3.63, 3.8) is 0 Å². The monoisotopic (exact) mass is 198 g/mol. The van der Waals surface area contributed by atoms with Crippen LogP contribution in [-0.2, 0) is 0 Å². The molecule has 0 saturated carbocycles. The number of hydrogen-bond acceptors (Lipinski definition) is 2. The third-order valence-corrected chi connectivity index (χ3v) is 3.22. The van der Waals surface area contributed by atoms with Gasteiger partial charge in [0.1, 0.15) is 0 Å². The molecule has 0 radical (unpaired) electrons. The van der Waals surface area contributed by atoms with Gasteiger partial charge in [0.25, 0.3) is 0 Å². The summed E-state index contributed by atoms with van der Waals surface area (Å²) in [6, 6.07) is 0. The van der Waals surface area contributed by atoms with E-state index in [4.69, 9.17) is 0 Å². The first kappa shape index (κ1) is 12.0. The highest BCUT2D eigenvalue weighted by Gasteiger charge is 2.14. The Morgan fingerprint density at radius 1 is 1.29 bits per heavy atom. The summed E-state index contributed by atoms with van der Waals surface area (Å²) < 4.78 is 0.